The fraction of sp³-hybridized carbons (Fsp3) is 0.0588. The molecule has 9 heteroatoms. The lowest BCUT2D eigenvalue weighted by Gasteiger charge is -2.24. The van der Waals surface area contributed by atoms with Gasteiger partial charge in [0.2, 0.25) is 5.88 Å². The van der Waals surface area contributed by atoms with E-state index in [2.05, 4.69) is 0 Å². The minimum atomic E-state index is -0.886. The molecule has 0 spiro atoms. The summed E-state index contributed by atoms with van der Waals surface area (Å²) in [6.07, 6.45) is 0. The Morgan fingerprint density at radius 1 is 1.35 bits per heavy atom. The maximum atomic E-state index is 12.6. The Morgan fingerprint density at radius 2 is 2.12 bits per heavy atom. The summed E-state index contributed by atoms with van der Waals surface area (Å²) < 4.78 is 10.9. The lowest BCUT2D eigenvalue weighted by Crippen LogP contribution is -2.25. The summed E-state index contributed by atoms with van der Waals surface area (Å²) in [5.74, 6) is -0.825. The molecule has 26 heavy (non-hydrogen) atoms. The Labute approximate surface area is 149 Å². The van der Waals surface area contributed by atoms with Crippen molar-refractivity contribution in [3.05, 3.63) is 78.1 Å². The van der Waals surface area contributed by atoms with E-state index in [-0.39, 0.29) is 28.5 Å². The normalized spacial score (nSPS) is 16.0. The fourth-order valence-corrected chi connectivity index (χ4v) is 3.91. The van der Waals surface area contributed by atoms with E-state index in [0.717, 1.165) is 11.3 Å². The Bertz CT molecular complexity index is 1200. The smallest absolute Gasteiger partial charge is 0.344 e. The third-order valence-corrected chi connectivity index (χ3v) is 5.06. The molecule has 3 aromatic rings. The van der Waals surface area contributed by atoms with E-state index in [1.165, 1.54) is 11.4 Å². The van der Waals surface area contributed by atoms with Gasteiger partial charge in [0.1, 0.15) is 17.2 Å². The molecule has 8 nitrogen and oxygen atoms in total. The van der Waals surface area contributed by atoms with Crippen LogP contribution in [0.5, 0.6) is 5.75 Å². The first-order chi connectivity index (χ1) is 12.5. The lowest BCUT2D eigenvalue weighted by atomic mass is 9.88. The van der Waals surface area contributed by atoms with Crippen LogP contribution in [-0.4, -0.2) is 4.92 Å². The van der Waals surface area contributed by atoms with E-state index >= 15 is 0 Å². The molecule has 1 aliphatic rings. The van der Waals surface area contributed by atoms with E-state index in [4.69, 9.17) is 14.9 Å². The van der Waals surface area contributed by atoms with Crippen molar-refractivity contribution in [1.82, 2.24) is 0 Å². The number of hydrogen-bond acceptors (Lipinski definition) is 8. The number of benzene rings is 1. The number of fused-ring (bicyclic) bond motifs is 3. The zero-order valence-electron chi connectivity index (χ0n) is 13.0. The molecule has 128 valence electrons. The molecule has 0 aliphatic carbocycles. The molecule has 0 saturated heterocycles. The molecule has 0 saturated carbocycles. The van der Waals surface area contributed by atoms with Crippen LogP contribution in [-0.2, 0) is 0 Å². The highest BCUT2D eigenvalue weighted by atomic mass is 32.1. The molecular weight excluding hydrogens is 358 g/mol. The first kappa shape index (κ1) is 15.9. The third kappa shape index (κ3) is 2.24. The standard InChI is InChI=1S/C17H9N3O5S/c18-6-10-13(12-5-8(7-26-12)20(22)23)14-15(25-16(10)19)9-3-1-2-4-11(9)24-17(14)21/h1-5,7,13H,19H2/t13-/m1/s1. The van der Waals surface area contributed by atoms with Gasteiger partial charge in [-0.1, -0.05) is 12.1 Å². The van der Waals surface area contributed by atoms with Gasteiger partial charge in [-0.15, -0.1) is 11.3 Å². The second-order valence-electron chi connectivity index (χ2n) is 5.52. The molecule has 2 N–H and O–H groups in total. The molecule has 1 aromatic carbocycles. The zero-order valence-corrected chi connectivity index (χ0v) is 13.8. The van der Waals surface area contributed by atoms with Gasteiger partial charge in [-0.05, 0) is 12.1 Å². The summed E-state index contributed by atoms with van der Waals surface area (Å²) in [7, 11) is 0. The number of para-hydroxylation sites is 1. The number of nitriles is 1. The van der Waals surface area contributed by atoms with Crippen molar-refractivity contribution < 1.29 is 14.1 Å². The molecule has 2 aromatic heterocycles. The van der Waals surface area contributed by atoms with Crippen LogP contribution in [0.3, 0.4) is 0 Å². The fourth-order valence-electron chi connectivity index (χ4n) is 2.94. The molecule has 3 heterocycles. The number of thiophene rings is 1. The lowest BCUT2D eigenvalue weighted by molar-refractivity contribution is -0.384. The summed E-state index contributed by atoms with van der Waals surface area (Å²) in [4.78, 5) is 23.5. The predicted molar refractivity (Wildman–Crippen MR) is 92.8 cm³/mol. The zero-order chi connectivity index (χ0) is 18.4. The van der Waals surface area contributed by atoms with Crippen molar-refractivity contribution in [2.24, 2.45) is 5.73 Å². The SMILES string of the molecule is N#CC1=C(N)Oc2c(c(=O)oc3ccccc23)[C@H]1c1cc([N+](=O)[O-])cs1. The first-order valence-corrected chi connectivity index (χ1v) is 8.25. The number of allylic oxidation sites excluding steroid dienone is 1. The van der Waals surface area contributed by atoms with Crippen LogP contribution in [0.1, 0.15) is 16.4 Å². The van der Waals surface area contributed by atoms with Crippen LogP contribution in [0, 0.1) is 21.4 Å². The summed E-state index contributed by atoms with van der Waals surface area (Å²) in [6.45, 7) is 0. The van der Waals surface area contributed by atoms with Gasteiger partial charge in [-0.2, -0.15) is 5.26 Å². The average Bonchev–Trinajstić information content (AvgIpc) is 3.11. The van der Waals surface area contributed by atoms with Gasteiger partial charge in [-0.25, -0.2) is 4.79 Å². The second-order valence-corrected chi connectivity index (χ2v) is 6.46. The molecular formula is C17H9N3O5S. The Balaban J connectivity index is 2.05. The third-order valence-electron chi connectivity index (χ3n) is 4.08. The number of ether oxygens (including phenoxy) is 1. The van der Waals surface area contributed by atoms with Crippen molar-refractivity contribution in [1.29, 1.82) is 5.26 Å². The van der Waals surface area contributed by atoms with Crippen molar-refractivity contribution in [2.45, 2.75) is 5.92 Å². The summed E-state index contributed by atoms with van der Waals surface area (Å²) in [6, 6.07) is 10.0. The number of nitrogens with zero attached hydrogens (tertiary/aromatic N) is 2. The van der Waals surface area contributed by atoms with Crippen LogP contribution in [0.15, 0.2) is 56.4 Å². The minimum Gasteiger partial charge on any atom is -0.439 e. The second kappa shape index (κ2) is 5.72. The maximum Gasteiger partial charge on any atom is 0.344 e. The summed E-state index contributed by atoms with van der Waals surface area (Å²) in [5, 5.41) is 22.4. The Morgan fingerprint density at radius 3 is 2.81 bits per heavy atom. The van der Waals surface area contributed by atoms with Crippen molar-refractivity contribution in [3.63, 3.8) is 0 Å². The summed E-state index contributed by atoms with van der Waals surface area (Å²) >= 11 is 1.06. The molecule has 0 amide bonds. The van der Waals surface area contributed by atoms with Crippen LogP contribution >= 0.6 is 11.3 Å². The molecule has 1 aliphatic heterocycles. The molecule has 0 unspecified atom stereocenters. The number of nitrogens with two attached hydrogens (primary N) is 1. The van der Waals surface area contributed by atoms with E-state index in [1.54, 1.807) is 24.3 Å². The maximum absolute atomic E-state index is 12.6. The molecule has 0 bridgehead atoms. The van der Waals surface area contributed by atoms with Crippen LogP contribution in [0.25, 0.3) is 11.0 Å². The van der Waals surface area contributed by atoms with Crippen molar-refractivity contribution in [3.8, 4) is 11.8 Å². The molecule has 0 fully saturated rings. The van der Waals surface area contributed by atoms with Crippen molar-refractivity contribution >= 4 is 28.0 Å². The van der Waals surface area contributed by atoms with Gasteiger partial charge in [0, 0.05) is 10.9 Å². The van der Waals surface area contributed by atoms with Crippen LogP contribution in [0.2, 0.25) is 0 Å². The topological polar surface area (TPSA) is 132 Å². The van der Waals surface area contributed by atoms with Gasteiger partial charge in [0.25, 0.3) is 5.69 Å². The molecule has 0 radical (unpaired) electrons. The number of nitro groups is 1. The number of rotatable bonds is 2. The van der Waals surface area contributed by atoms with E-state index in [0.29, 0.717) is 15.8 Å². The predicted octanol–water partition coefficient (Wildman–Crippen LogP) is 2.98. The minimum absolute atomic E-state index is 0.0110. The summed E-state index contributed by atoms with van der Waals surface area (Å²) in [5.41, 5.74) is 5.54. The Kier molecular flexibility index (Phi) is 3.49. The Hall–Kier alpha value is -3.64. The highest BCUT2D eigenvalue weighted by Crippen LogP contribution is 2.45. The van der Waals surface area contributed by atoms with E-state index in [9.17, 15) is 20.2 Å². The van der Waals surface area contributed by atoms with Gasteiger partial charge in [-0.3, -0.25) is 10.1 Å². The highest BCUT2D eigenvalue weighted by Gasteiger charge is 2.37. The molecule has 1 atom stereocenters. The monoisotopic (exact) mass is 367 g/mol. The van der Waals surface area contributed by atoms with Crippen LogP contribution < -0.4 is 16.1 Å². The van der Waals surface area contributed by atoms with E-state index in [1.807, 2.05) is 6.07 Å². The van der Waals surface area contributed by atoms with Gasteiger partial charge in [0.05, 0.1) is 27.2 Å². The van der Waals surface area contributed by atoms with Gasteiger partial charge in [0.15, 0.2) is 5.75 Å². The first-order valence-electron chi connectivity index (χ1n) is 7.37. The molecule has 4 rings (SSSR count). The van der Waals surface area contributed by atoms with Gasteiger partial charge >= 0.3 is 5.63 Å². The van der Waals surface area contributed by atoms with Gasteiger partial charge < -0.3 is 14.9 Å². The van der Waals surface area contributed by atoms with E-state index < -0.39 is 16.5 Å². The van der Waals surface area contributed by atoms with Crippen LogP contribution in [0.4, 0.5) is 5.69 Å². The van der Waals surface area contributed by atoms with Crippen molar-refractivity contribution in [2.75, 3.05) is 0 Å². The largest absolute Gasteiger partial charge is 0.439 e. The highest BCUT2D eigenvalue weighted by molar-refractivity contribution is 7.10. The number of hydrogen-bond donors (Lipinski definition) is 1. The average molecular weight is 367 g/mol. The quantitative estimate of drug-likeness (QED) is 0.418.